The van der Waals surface area contributed by atoms with Gasteiger partial charge in [-0.15, -0.1) is 0 Å². The zero-order chi connectivity index (χ0) is 14.5. The van der Waals surface area contributed by atoms with Crippen molar-refractivity contribution < 1.29 is 4.48 Å². The fourth-order valence-corrected chi connectivity index (χ4v) is 2.55. The number of hydrogen-bond acceptors (Lipinski definition) is 3. The first-order valence-corrected chi connectivity index (χ1v) is 7.26. The Balaban J connectivity index is 1.67. The monoisotopic (exact) mass is 289 g/mol. The van der Waals surface area contributed by atoms with Gasteiger partial charge in [-0.05, 0) is 11.6 Å². The lowest BCUT2D eigenvalue weighted by Crippen LogP contribution is -2.56. The standard InChI is InChI=1S/C15H20FN5/c16-21-14(20-10-8-17-9-11-20)6-7-18-15(21)19-12-13-4-2-1-3-5-13/h1-7,14,17H,8-12H2,(H,18,19). The lowest BCUT2D eigenvalue weighted by atomic mass is 10.2. The molecule has 5 nitrogen and oxygen atoms in total. The van der Waals surface area contributed by atoms with Crippen LogP contribution in [0.4, 0.5) is 4.48 Å². The molecule has 2 aliphatic rings. The molecule has 1 saturated heterocycles. The van der Waals surface area contributed by atoms with E-state index in [0.717, 1.165) is 31.7 Å². The zero-order valence-corrected chi connectivity index (χ0v) is 11.9. The summed E-state index contributed by atoms with van der Waals surface area (Å²) in [5, 5.41) is 6.88. The second kappa shape index (κ2) is 6.69. The second-order valence-electron chi connectivity index (χ2n) is 5.14. The number of guanidine groups is 1. The number of aliphatic imine (C=N–C) groups is 1. The first-order valence-electron chi connectivity index (χ1n) is 7.26. The van der Waals surface area contributed by atoms with Crippen molar-refractivity contribution in [2.45, 2.75) is 12.7 Å². The van der Waals surface area contributed by atoms with E-state index in [1.807, 2.05) is 36.4 Å². The molecule has 2 heterocycles. The third kappa shape index (κ3) is 3.40. The predicted molar refractivity (Wildman–Crippen MR) is 81.0 cm³/mol. The summed E-state index contributed by atoms with van der Waals surface area (Å²) in [7, 11) is 0. The van der Waals surface area contributed by atoms with Crippen molar-refractivity contribution in [3.05, 3.63) is 48.2 Å². The van der Waals surface area contributed by atoms with Crippen LogP contribution in [0.3, 0.4) is 0 Å². The van der Waals surface area contributed by atoms with Crippen LogP contribution < -0.4 is 10.6 Å². The maximum Gasteiger partial charge on any atom is 0.228 e. The molecule has 0 aromatic heterocycles. The van der Waals surface area contributed by atoms with Gasteiger partial charge in [0, 0.05) is 32.4 Å². The highest BCUT2D eigenvalue weighted by atomic mass is 19.2. The van der Waals surface area contributed by atoms with Gasteiger partial charge in [0.15, 0.2) is 0 Å². The van der Waals surface area contributed by atoms with E-state index < -0.39 is 0 Å². The summed E-state index contributed by atoms with van der Waals surface area (Å²) in [5.74, 6) is 0.268. The number of rotatable bonds is 3. The molecule has 1 atom stereocenters. The third-order valence-electron chi connectivity index (χ3n) is 3.70. The SMILES string of the molecule is FN1C(=NCc2ccccc2)NC=CC1N1CCNCC1. The summed E-state index contributed by atoms with van der Waals surface area (Å²) in [5.41, 5.74) is 1.06. The lowest BCUT2D eigenvalue weighted by molar-refractivity contribution is -0.0126. The van der Waals surface area contributed by atoms with Crippen LogP contribution in [-0.2, 0) is 6.54 Å². The number of benzene rings is 1. The minimum atomic E-state index is -0.372. The largest absolute Gasteiger partial charge is 0.331 e. The minimum absolute atomic E-state index is 0.268. The molecule has 112 valence electrons. The molecular weight excluding hydrogens is 269 g/mol. The quantitative estimate of drug-likeness (QED) is 0.817. The van der Waals surface area contributed by atoms with E-state index in [-0.39, 0.29) is 12.1 Å². The predicted octanol–water partition coefficient (Wildman–Crippen LogP) is 1.08. The number of nitrogens with zero attached hydrogens (tertiary/aromatic N) is 3. The summed E-state index contributed by atoms with van der Waals surface area (Å²) in [4.78, 5) is 6.45. The van der Waals surface area contributed by atoms with Crippen molar-refractivity contribution >= 4 is 5.96 Å². The number of nitrogens with one attached hydrogen (secondary N) is 2. The molecule has 1 unspecified atom stereocenters. The Kier molecular flexibility index (Phi) is 4.47. The average Bonchev–Trinajstić information content (AvgIpc) is 2.56. The minimum Gasteiger partial charge on any atom is -0.331 e. The highest BCUT2D eigenvalue weighted by molar-refractivity contribution is 5.81. The Bertz CT molecular complexity index is 510. The highest BCUT2D eigenvalue weighted by Gasteiger charge is 2.29. The van der Waals surface area contributed by atoms with Gasteiger partial charge < -0.3 is 10.6 Å². The molecule has 3 rings (SSSR count). The van der Waals surface area contributed by atoms with Crippen LogP contribution in [0.25, 0.3) is 0 Å². The molecule has 0 radical (unpaired) electrons. The Morgan fingerprint density at radius 2 is 1.95 bits per heavy atom. The Morgan fingerprint density at radius 1 is 1.19 bits per heavy atom. The summed E-state index contributed by atoms with van der Waals surface area (Å²) < 4.78 is 14.5. The maximum atomic E-state index is 14.5. The van der Waals surface area contributed by atoms with Gasteiger partial charge in [0.2, 0.25) is 5.96 Å². The van der Waals surface area contributed by atoms with E-state index in [1.54, 1.807) is 6.20 Å². The smallest absolute Gasteiger partial charge is 0.228 e. The molecule has 2 aliphatic heterocycles. The first-order chi connectivity index (χ1) is 10.3. The number of halogens is 1. The van der Waals surface area contributed by atoms with Crippen LogP contribution >= 0.6 is 0 Å². The molecule has 0 saturated carbocycles. The summed E-state index contributed by atoms with van der Waals surface area (Å²) in [6.07, 6.45) is 3.22. The molecule has 1 aromatic rings. The fourth-order valence-electron chi connectivity index (χ4n) is 2.55. The summed E-state index contributed by atoms with van der Waals surface area (Å²) in [6, 6.07) is 9.85. The van der Waals surface area contributed by atoms with Gasteiger partial charge in [0.05, 0.1) is 6.54 Å². The molecule has 2 N–H and O–H groups in total. The van der Waals surface area contributed by atoms with Crippen LogP contribution in [0.1, 0.15) is 5.56 Å². The van der Waals surface area contributed by atoms with Crippen molar-refractivity contribution in [1.29, 1.82) is 0 Å². The van der Waals surface area contributed by atoms with Gasteiger partial charge in [-0.25, -0.2) is 4.99 Å². The van der Waals surface area contributed by atoms with E-state index in [0.29, 0.717) is 11.7 Å². The molecule has 0 aliphatic carbocycles. The Labute approximate surface area is 124 Å². The Hall–Kier alpha value is -1.92. The number of hydrogen-bond donors (Lipinski definition) is 2. The van der Waals surface area contributed by atoms with Crippen molar-refractivity contribution in [2.24, 2.45) is 4.99 Å². The van der Waals surface area contributed by atoms with Gasteiger partial charge in [0.1, 0.15) is 6.17 Å². The Morgan fingerprint density at radius 3 is 2.71 bits per heavy atom. The van der Waals surface area contributed by atoms with E-state index >= 15 is 0 Å². The van der Waals surface area contributed by atoms with Crippen LogP contribution in [0.15, 0.2) is 47.6 Å². The third-order valence-corrected chi connectivity index (χ3v) is 3.70. The average molecular weight is 289 g/mol. The first kappa shape index (κ1) is 14.0. The van der Waals surface area contributed by atoms with Gasteiger partial charge in [-0.1, -0.05) is 34.8 Å². The van der Waals surface area contributed by atoms with Gasteiger partial charge in [0.25, 0.3) is 0 Å². The number of piperazine rings is 1. The van der Waals surface area contributed by atoms with Crippen LogP contribution in [0.2, 0.25) is 0 Å². The molecule has 0 amide bonds. The van der Waals surface area contributed by atoms with Crippen LogP contribution in [-0.4, -0.2) is 48.3 Å². The van der Waals surface area contributed by atoms with Crippen molar-refractivity contribution in [2.75, 3.05) is 26.2 Å². The molecule has 0 bridgehead atoms. The van der Waals surface area contributed by atoms with E-state index in [9.17, 15) is 4.48 Å². The second-order valence-corrected chi connectivity index (χ2v) is 5.14. The molecule has 1 fully saturated rings. The molecule has 21 heavy (non-hydrogen) atoms. The molecule has 1 aromatic carbocycles. The topological polar surface area (TPSA) is 42.9 Å². The highest BCUT2D eigenvalue weighted by Crippen LogP contribution is 2.14. The summed E-state index contributed by atoms with van der Waals surface area (Å²) >= 11 is 0. The van der Waals surface area contributed by atoms with Gasteiger partial charge in [-0.3, -0.25) is 4.90 Å². The van der Waals surface area contributed by atoms with Gasteiger partial charge >= 0.3 is 0 Å². The van der Waals surface area contributed by atoms with E-state index in [2.05, 4.69) is 20.5 Å². The van der Waals surface area contributed by atoms with Crippen molar-refractivity contribution in [3.63, 3.8) is 0 Å². The molecular formula is C15H20FN5. The van der Waals surface area contributed by atoms with Crippen molar-refractivity contribution in [1.82, 2.24) is 20.7 Å². The van der Waals surface area contributed by atoms with Gasteiger partial charge in [-0.2, -0.15) is 5.12 Å². The maximum absolute atomic E-state index is 14.5. The fraction of sp³-hybridized carbons (Fsp3) is 0.400. The van der Waals surface area contributed by atoms with E-state index in [4.69, 9.17) is 0 Å². The van der Waals surface area contributed by atoms with E-state index in [1.165, 1.54) is 0 Å². The van der Waals surface area contributed by atoms with Crippen molar-refractivity contribution in [3.8, 4) is 0 Å². The molecule has 6 heteroatoms. The zero-order valence-electron chi connectivity index (χ0n) is 11.9. The normalized spacial score (nSPS) is 25.1. The van der Waals surface area contributed by atoms with Crippen LogP contribution in [0.5, 0.6) is 0 Å². The van der Waals surface area contributed by atoms with Crippen LogP contribution in [0, 0.1) is 0 Å². The summed E-state index contributed by atoms with van der Waals surface area (Å²) in [6.45, 7) is 3.92. The lowest BCUT2D eigenvalue weighted by Gasteiger charge is -2.38. The molecule has 0 spiro atoms.